The maximum Gasteiger partial charge on any atom is 0.336 e. The summed E-state index contributed by atoms with van der Waals surface area (Å²) in [5.41, 5.74) is 3.22. The summed E-state index contributed by atoms with van der Waals surface area (Å²) in [5, 5.41) is 10.3. The number of rotatable bonds is 2. The van der Waals surface area contributed by atoms with Gasteiger partial charge in [0.15, 0.2) is 0 Å². The molecule has 0 saturated carbocycles. The topological polar surface area (TPSA) is 50.2 Å². The molecular formula is C16H17NO2. The van der Waals surface area contributed by atoms with Crippen LogP contribution in [0.15, 0.2) is 24.3 Å². The van der Waals surface area contributed by atoms with Crippen molar-refractivity contribution in [1.29, 1.82) is 0 Å². The number of pyridine rings is 1. The average molecular weight is 255 g/mol. The summed E-state index contributed by atoms with van der Waals surface area (Å²) in [7, 11) is 0. The average Bonchev–Trinajstić information content (AvgIpc) is 2.43. The van der Waals surface area contributed by atoms with E-state index in [0.717, 1.165) is 47.8 Å². The van der Waals surface area contributed by atoms with Crippen LogP contribution in [0, 0.1) is 5.92 Å². The van der Waals surface area contributed by atoms with Gasteiger partial charge in [0.25, 0.3) is 0 Å². The van der Waals surface area contributed by atoms with E-state index in [1.165, 1.54) is 0 Å². The molecule has 1 aromatic heterocycles. The molecule has 1 aliphatic carbocycles. The fourth-order valence-corrected chi connectivity index (χ4v) is 3.05. The Labute approximate surface area is 112 Å². The fraction of sp³-hybridized carbons (Fsp3) is 0.375. The number of nitrogens with zero attached hydrogens (tertiary/aromatic N) is 1. The molecule has 98 valence electrons. The summed E-state index contributed by atoms with van der Waals surface area (Å²) in [6.45, 7) is 2.17. The highest BCUT2D eigenvalue weighted by molar-refractivity contribution is 6.04. The van der Waals surface area contributed by atoms with Gasteiger partial charge in [0.1, 0.15) is 0 Å². The second-order valence-electron chi connectivity index (χ2n) is 5.25. The second-order valence-corrected chi connectivity index (χ2v) is 5.25. The predicted octanol–water partition coefficient (Wildman–Crippen LogP) is 3.45. The van der Waals surface area contributed by atoms with E-state index >= 15 is 0 Å². The molecule has 0 amide bonds. The van der Waals surface area contributed by atoms with Crippen molar-refractivity contribution in [3.63, 3.8) is 0 Å². The van der Waals surface area contributed by atoms with Gasteiger partial charge in [-0.1, -0.05) is 31.5 Å². The number of aryl methyl sites for hydroxylation is 1. The van der Waals surface area contributed by atoms with Crippen LogP contribution >= 0.6 is 0 Å². The third-order valence-electron chi connectivity index (χ3n) is 4.15. The van der Waals surface area contributed by atoms with Crippen LogP contribution in [-0.4, -0.2) is 16.1 Å². The van der Waals surface area contributed by atoms with Crippen molar-refractivity contribution in [2.24, 2.45) is 5.92 Å². The van der Waals surface area contributed by atoms with Crippen LogP contribution in [0.1, 0.15) is 41.4 Å². The largest absolute Gasteiger partial charge is 0.478 e. The minimum atomic E-state index is -0.827. The molecule has 0 aliphatic heterocycles. The van der Waals surface area contributed by atoms with Gasteiger partial charge < -0.3 is 5.11 Å². The summed E-state index contributed by atoms with van der Waals surface area (Å²) in [6.07, 6.45) is 3.98. The van der Waals surface area contributed by atoms with Crippen LogP contribution in [0.25, 0.3) is 10.9 Å². The smallest absolute Gasteiger partial charge is 0.336 e. The molecule has 0 saturated heterocycles. The Bertz CT molecular complexity index is 648. The van der Waals surface area contributed by atoms with Gasteiger partial charge in [-0.25, -0.2) is 4.79 Å². The summed E-state index contributed by atoms with van der Waals surface area (Å²) in [6, 6.07) is 7.55. The zero-order chi connectivity index (χ0) is 13.4. The zero-order valence-electron chi connectivity index (χ0n) is 11.0. The van der Waals surface area contributed by atoms with E-state index in [9.17, 15) is 9.90 Å². The molecule has 0 radical (unpaired) electrons. The minimum Gasteiger partial charge on any atom is -0.478 e. The van der Waals surface area contributed by atoms with Crippen molar-refractivity contribution in [3.05, 3.63) is 41.1 Å². The van der Waals surface area contributed by atoms with Crippen molar-refractivity contribution in [3.8, 4) is 0 Å². The van der Waals surface area contributed by atoms with Gasteiger partial charge >= 0.3 is 5.97 Å². The highest BCUT2D eigenvalue weighted by Gasteiger charge is 2.25. The lowest BCUT2D eigenvalue weighted by Crippen LogP contribution is -2.19. The van der Waals surface area contributed by atoms with Crippen molar-refractivity contribution < 1.29 is 9.90 Å². The van der Waals surface area contributed by atoms with Crippen molar-refractivity contribution in [1.82, 2.24) is 4.98 Å². The second kappa shape index (κ2) is 4.65. The molecule has 0 fully saturated rings. The maximum absolute atomic E-state index is 11.7. The number of aromatic carboxylic acids is 1. The van der Waals surface area contributed by atoms with E-state index in [0.29, 0.717) is 11.5 Å². The molecule has 0 bridgehead atoms. The lowest BCUT2D eigenvalue weighted by Gasteiger charge is -2.25. The highest BCUT2D eigenvalue weighted by atomic mass is 16.4. The van der Waals surface area contributed by atoms with Gasteiger partial charge in [0.2, 0.25) is 0 Å². The Morgan fingerprint density at radius 1 is 1.42 bits per heavy atom. The van der Waals surface area contributed by atoms with Crippen LogP contribution in [0.3, 0.4) is 0 Å². The normalized spacial score (nSPS) is 18.3. The van der Waals surface area contributed by atoms with Crippen LogP contribution in [0.2, 0.25) is 0 Å². The third-order valence-corrected chi connectivity index (χ3v) is 4.15. The Balaban J connectivity index is 2.28. The molecule has 19 heavy (non-hydrogen) atoms. The van der Waals surface area contributed by atoms with E-state index in [-0.39, 0.29) is 0 Å². The summed E-state index contributed by atoms with van der Waals surface area (Å²) in [4.78, 5) is 16.3. The lowest BCUT2D eigenvalue weighted by molar-refractivity contribution is 0.0697. The Hall–Kier alpha value is -1.90. The molecule has 1 unspecified atom stereocenters. The number of fused-ring (bicyclic) bond motifs is 2. The SMILES string of the molecule is CCC1CCc2nc3ccccc3c(C(=O)O)c2C1. The van der Waals surface area contributed by atoms with Crippen LogP contribution in [-0.2, 0) is 12.8 Å². The third kappa shape index (κ3) is 1.99. The fourth-order valence-electron chi connectivity index (χ4n) is 3.05. The number of carboxylic acid groups (broad SMARTS) is 1. The Kier molecular flexibility index (Phi) is 2.97. The predicted molar refractivity (Wildman–Crippen MR) is 74.5 cm³/mol. The Morgan fingerprint density at radius 3 is 2.95 bits per heavy atom. The molecule has 3 heteroatoms. The number of hydrogen-bond donors (Lipinski definition) is 1. The number of benzene rings is 1. The van der Waals surface area contributed by atoms with Crippen LogP contribution in [0.5, 0.6) is 0 Å². The van der Waals surface area contributed by atoms with E-state index in [4.69, 9.17) is 0 Å². The molecule has 1 aliphatic rings. The van der Waals surface area contributed by atoms with Crippen LogP contribution < -0.4 is 0 Å². The molecule has 3 nitrogen and oxygen atoms in total. The number of para-hydroxylation sites is 1. The molecule has 2 aromatic rings. The number of hydrogen-bond acceptors (Lipinski definition) is 2. The van der Waals surface area contributed by atoms with Gasteiger partial charge in [-0.15, -0.1) is 0 Å². The molecule has 3 rings (SSSR count). The standard InChI is InChI=1S/C16H17NO2/c1-2-10-7-8-14-12(9-10)15(16(18)19)11-5-3-4-6-13(11)17-14/h3-6,10H,2,7-9H2,1H3,(H,18,19). The minimum absolute atomic E-state index is 0.471. The molecule has 1 aromatic carbocycles. The summed E-state index contributed by atoms with van der Waals surface area (Å²) >= 11 is 0. The first-order valence-corrected chi connectivity index (χ1v) is 6.84. The van der Waals surface area contributed by atoms with Gasteiger partial charge in [-0.2, -0.15) is 0 Å². The van der Waals surface area contributed by atoms with Crippen molar-refractivity contribution >= 4 is 16.9 Å². The quantitative estimate of drug-likeness (QED) is 0.894. The molecular weight excluding hydrogens is 238 g/mol. The highest BCUT2D eigenvalue weighted by Crippen LogP contribution is 2.32. The molecule has 1 atom stereocenters. The lowest BCUT2D eigenvalue weighted by atomic mass is 9.82. The van der Waals surface area contributed by atoms with Gasteiger partial charge in [-0.3, -0.25) is 4.98 Å². The summed E-state index contributed by atoms with van der Waals surface area (Å²) < 4.78 is 0. The van der Waals surface area contributed by atoms with E-state index in [1.54, 1.807) is 0 Å². The van der Waals surface area contributed by atoms with Gasteiger partial charge in [0, 0.05) is 11.1 Å². The van der Waals surface area contributed by atoms with Gasteiger partial charge in [-0.05, 0) is 36.8 Å². The number of aromatic nitrogens is 1. The van der Waals surface area contributed by atoms with E-state index in [2.05, 4.69) is 11.9 Å². The first-order chi connectivity index (χ1) is 9.20. The first kappa shape index (κ1) is 12.2. The number of carbonyl (C=O) groups is 1. The van der Waals surface area contributed by atoms with E-state index < -0.39 is 5.97 Å². The summed E-state index contributed by atoms with van der Waals surface area (Å²) in [5.74, 6) is -0.236. The van der Waals surface area contributed by atoms with E-state index in [1.807, 2.05) is 24.3 Å². The molecule has 1 heterocycles. The van der Waals surface area contributed by atoms with Crippen LogP contribution in [0.4, 0.5) is 0 Å². The zero-order valence-corrected chi connectivity index (χ0v) is 11.0. The van der Waals surface area contributed by atoms with Gasteiger partial charge in [0.05, 0.1) is 11.1 Å². The number of carboxylic acids is 1. The maximum atomic E-state index is 11.7. The van der Waals surface area contributed by atoms with Crippen molar-refractivity contribution in [2.45, 2.75) is 32.6 Å². The molecule has 0 spiro atoms. The first-order valence-electron chi connectivity index (χ1n) is 6.84. The Morgan fingerprint density at radius 2 is 2.21 bits per heavy atom. The van der Waals surface area contributed by atoms with Crippen molar-refractivity contribution in [2.75, 3.05) is 0 Å². The monoisotopic (exact) mass is 255 g/mol. The molecule has 1 N–H and O–H groups in total.